The second-order valence-electron chi connectivity index (χ2n) is 5.60. The number of hydrogen-bond donors (Lipinski definition) is 1. The number of likely N-dealkylation sites (N-methyl/N-ethyl adjacent to an activating group) is 1. The molecule has 6 heteroatoms. The first-order chi connectivity index (χ1) is 10.1. The average Bonchev–Trinajstić information content (AvgIpc) is 3.05. The van der Waals surface area contributed by atoms with Crippen LogP contribution in [0.15, 0.2) is 6.07 Å². The average molecular weight is 307 g/mol. The molecule has 0 bridgehead atoms. The topological polar surface area (TPSA) is 55.6 Å². The number of nitrogens with one attached hydrogen (secondary N) is 1. The third kappa shape index (κ3) is 3.68. The van der Waals surface area contributed by atoms with Gasteiger partial charge in [0.2, 0.25) is 0 Å². The van der Waals surface area contributed by atoms with E-state index in [0.717, 1.165) is 30.8 Å². The molecule has 2 aromatic heterocycles. The SMILES string of the molecule is CCNC(Cc1cc(CC)nn1C)c1snnc1C(C)C. The van der Waals surface area contributed by atoms with Gasteiger partial charge in [0.15, 0.2) is 0 Å². The van der Waals surface area contributed by atoms with Gasteiger partial charge in [0.1, 0.15) is 0 Å². The molecule has 2 aromatic rings. The van der Waals surface area contributed by atoms with Crippen molar-refractivity contribution in [1.82, 2.24) is 24.7 Å². The summed E-state index contributed by atoms with van der Waals surface area (Å²) in [7, 11) is 2.02. The van der Waals surface area contributed by atoms with E-state index in [2.05, 4.69) is 53.8 Å². The van der Waals surface area contributed by atoms with Crippen LogP contribution in [0.4, 0.5) is 0 Å². The lowest BCUT2D eigenvalue weighted by molar-refractivity contribution is 0.528. The highest BCUT2D eigenvalue weighted by molar-refractivity contribution is 7.05. The highest BCUT2D eigenvalue weighted by Gasteiger charge is 2.22. The van der Waals surface area contributed by atoms with Gasteiger partial charge in [0.05, 0.1) is 22.3 Å². The fourth-order valence-electron chi connectivity index (χ4n) is 2.49. The first-order valence-corrected chi connectivity index (χ1v) is 8.41. The van der Waals surface area contributed by atoms with Gasteiger partial charge in [-0.25, -0.2) is 0 Å². The Morgan fingerprint density at radius 1 is 1.33 bits per heavy atom. The minimum absolute atomic E-state index is 0.257. The molecule has 0 amide bonds. The van der Waals surface area contributed by atoms with E-state index in [0.29, 0.717) is 5.92 Å². The summed E-state index contributed by atoms with van der Waals surface area (Å²) in [5.41, 5.74) is 3.51. The molecule has 0 saturated heterocycles. The molecule has 2 rings (SSSR count). The van der Waals surface area contributed by atoms with Crippen LogP contribution in [0, 0.1) is 0 Å². The second-order valence-corrected chi connectivity index (χ2v) is 6.38. The molecule has 0 aromatic carbocycles. The van der Waals surface area contributed by atoms with Gasteiger partial charge in [-0.3, -0.25) is 4.68 Å². The molecule has 0 fully saturated rings. The molecule has 0 aliphatic carbocycles. The van der Waals surface area contributed by atoms with E-state index in [9.17, 15) is 0 Å². The van der Waals surface area contributed by atoms with Crippen LogP contribution in [0.5, 0.6) is 0 Å². The summed E-state index contributed by atoms with van der Waals surface area (Å²) in [6, 6.07) is 2.46. The monoisotopic (exact) mass is 307 g/mol. The van der Waals surface area contributed by atoms with E-state index in [4.69, 9.17) is 0 Å². The summed E-state index contributed by atoms with van der Waals surface area (Å²) < 4.78 is 6.15. The third-order valence-electron chi connectivity index (χ3n) is 3.66. The Bertz CT molecular complexity index is 572. The van der Waals surface area contributed by atoms with Crippen molar-refractivity contribution in [2.75, 3.05) is 6.54 Å². The predicted molar refractivity (Wildman–Crippen MR) is 86.7 cm³/mol. The minimum atomic E-state index is 0.257. The van der Waals surface area contributed by atoms with Gasteiger partial charge in [-0.2, -0.15) is 5.10 Å². The van der Waals surface area contributed by atoms with Crippen molar-refractivity contribution in [1.29, 1.82) is 0 Å². The van der Waals surface area contributed by atoms with Crippen LogP contribution in [0.3, 0.4) is 0 Å². The molecular weight excluding hydrogens is 282 g/mol. The van der Waals surface area contributed by atoms with Crippen LogP contribution in [-0.2, 0) is 19.9 Å². The Balaban J connectivity index is 2.26. The normalized spacial score (nSPS) is 13.0. The van der Waals surface area contributed by atoms with Gasteiger partial charge in [0, 0.05) is 19.2 Å². The van der Waals surface area contributed by atoms with Gasteiger partial charge in [-0.1, -0.05) is 32.2 Å². The lowest BCUT2D eigenvalue weighted by atomic mass is 10.0. The van der Waals surface area contributed by atoms with Gasteiger partial charge in [-0.15, -0.1) is 5.10 Å². The van der Waals surface area contributed by atoms with E-state index in [1.807, 2.05) is 11.7 Å². The summed E-state index contributed by atoms with van der Waals surface area (Å²) in [4.78, 5) is 1.26. The molecule has 21 heavy (non-hydrogen) atoms. The maximum atomic E-state index is 4.54. The van der Waals surface area contributed by atoms with Gasteiger partial charge in [-0.05, 0) is 36.5 Å². The Kier molecular flexibility index (Phi) is 5.47. The molecule has 0 aliphatic rings. The second kappa shape index (κ2) is 7.13. The Labute approximate surface area is 130 Å². The lowest BCUT2D eigenvalue weighted by Gasteiger charge is -2.18. The Morgan fingerprint density at radius 2 is 2.10 bits per heavy atom. The van der Waals surface area contributed by atoms with Crippen LogP contribution in [-0.4, -0.2) is 25.9 Å². The largest absolute Gasteiger partial charge is 0.309 e. The highest BCUT2D eigenvalue weighted by Crippen LogP contribution is 2.28. The van der Waals surface area contributed by atoms with Crippen molar-refractivity contribution in [3.63, 3.8) is 0 Å². The first-order valence-electron chi connectivity index (χ1n) is 7.64. The van der Waals surface area contributed by atoms with Gasteiger partial charge >= 0.3 is 0 Å². The number of hydrogen-bond acceptors (Lipinski definition) is 5. The smallest absolute Gasteiger partial charge is 0.0829 e. The predicted octanol–water partition coefficient (Wildman–Crippen LogP) is 2.85. The van der Waals surface area contributed by atoms with Crippen LogP contribution < -0.4 is 5.32 Å². The fourth-order valence-corrected chi connectivity index (χ4v) is 3.38. The maximum Gasteiger partial charge on any atom is 0.0829 e. The van der Waals surface area contributed by atoms with E-state index in [-0.39, 0.29) is 6.04 Å². The van der Waals surface area contributed by atoms with E-state index >= 15 is 0 Å². The maximum absolute atomic E-state index is 4.54. The molecule has 5 nitrogen and oxygen atoms in total. The lowest BCUT2D eigenvalue weighted by Crippen LogP contribution is -2.24. The molecule has 0 radical (unpaired) electrons. The highest BCUT2D eigenvalue weighted by atomic mass is 32.1. The number of aryl methyl sites for hydroxylation is 2. The van der Waals surface area contributed by atoms with Crippen molar-refractivity contribution in [3.8, 4) is 0 Å². The van der Waals surface area contributed by atoms with E-state index in [1.165, 1.54) is 22.1 Å². The number of rotatable bonds is 7. The molecule has 1 atom stereocenters. The molecule has 116 valence electrons. The summed E-state index contributed by atoms with van der Waals surface area (Å²) >= 11 is 1.51. The van der Waals surface area contributed by atoms with Crippen molar-refractivity contribution in [3.05, 3.63) is 28.0 Å². The minimum Gasteiger partial charge on any atom is -0.309 e. The van der Waals surface area contributed by atoms with Crippen LogP contribution in [0.2, 0.25) is 0 Å². The van der Waals surface area contributed by atoms with E-state index < -0.39 is 0 Å². The van der Waals surface area contributed by atoms with Crippen molar-refractivity contribution < 1.29 is 0 Å². The van der Waals surface area contributed by atoms with Crippen LogP contribution in [0.25, 0.3) is 0 Å². The zero-order chi connectivity index (χ0) is 15.4. The van der Waals surface area contributed by atoms with E-state index in [1.54, 1.807) is 0 Å². The van der Waals surface area contributed by atoms with Crippen molar-refractivity contribution >= 4 is 11.5 Å². The molecule has 0 spiro atoms. The standard InChI is InChI=1S/C15H25N5S/c1-6-11-8-12(20(5)18-11)9-13(16-7-2)15-14(10(3)4)17-19-21-15/h8,10,13,16H,6-7,9H2,1-5H3. The quantitative estimate of drug-likeness (QED) is 0.854. The molecule has 0 saturated carbocycles. The Morgan fingerprint density at radius 3 is 2.67 bits per heavy atom. The summed E-state index contributed by atoms with van der Waals surface area (Å²) in [5, 5.41) is 12.4. The van der Waals surface area contributed by atoms with Crippen LogP contribution >= 0.6 is 11.5 Å². The van der Waals surface area contributed by atoms with Gasteiger partial charge in [0.25, 0.3) is 0 Å². The van der Waals surface area contributed by atoms with Crippen molar-refractivity contribution in [2.24, 2.45) is 7.05 Å². The Hall–Kier alpha value is -1.27. The van der Waals surface area contributed by atoms with Gasteiger partial charge < -0.3 is 5.32 Å². The summed E-state index contributed by atoms with van der Waals surface area (Å²) in [6.45, 7) is 9.54. The fraction of sp³-hybridized carbons (Fsp3) is 0.667. The number of aromatic nitrogens is 4. The van der Waals surface area contributed by atoms with Crippen LogP contribution in [0.1, 0.15) is 61.6 Å². The van der Waals surface area contributed by atoms with Crippen molar-refractivity contribution in [2.45, 2.75) is 52.5 Å². The third-order valence-corrected chi connectivity index (χ3v) is 4.51. The summed E-state index contributed by atoms with van der Waals surface area (Å²) in [6.07, 6.45) is 1.89. The first kappa shape index (κ1) is 16.1. The summed E-state index contributed by atoms with van der Waals surface area (Å²) in [5.74, 6) is 0.401. The molecule has 2 heterocycles. The number of nitrogens with zero attached hydrogens (tertiary/aromatic N) is 4. The zero-order valence-corrected chi connectivity index (χ0v) is 14.4. The molecule has 0 aliphatic heterocycles. The zero-order valence-electron chi connectivity index (χ0n) is 13.6. The molecule has 1 unspecified atom stereocenters. The molecule has 1 N–H and O–H groups in total. The molecular formula is C15H25N5S.